The van der Waals surface area contributed by atoms with E-state index >= 15 is 0 Å². The Bertz CT molecular complexity index is 1180. The second-order valence-electron chi connectivity index (χ2n) is 7.05. The SMILES string of the molecule is COc1ccc(NC(=O)c2ccc(NCc3cn4c(C)cc(C)nc4n3)cc2)cc1. The van der Waals surface area contributed by atoms with Gasteiger partial charge in [0.1, 0.15) is 5.75 Å². The molecule has 152 valence electrons. The van der Waals surface area contributed by atoms with E-state index in [4.69, 9.17) is 4.74 Å². The highest BCUT2D eigenvalue weighted by Gasteiger charge is 2.08. The monoisotopic (exact) mass is 401 g/mol. The van der Waals surface area contributed by atoms with E-state index in [-0.39, 0.29) is 5.91 Å². The molecule has 1 amide bonds. The molecule has 0 bridgehead atoms. The van der Waals surface area contributed by atoms with Gasteiger partial charge in [-0.15, -0.1) is 0 Å². The number of aryl methyl sites for hydroxylation is 2. The van der Waals surface area contributed by atoms with Gasteiger partial charge in [0, 0.05) is 34.5 Å². The number of imidazole rings is 1. The number of carbonyl (C=O) groups is 1. The van der Waals surface area contributed by atoms with E-state index in [1.165, 1.54) is 0 Å². The number of hydrogen-bond acceptors (Lipinski definition) is 5. The molecule has 0 radical (unpaired) electrons. The van der Waals surface area contributed by atoms with E-state index < -0.39 is 0 Å². The van der Waals surface area contributed by atoms with Crippen LogP contribution in [-0.2, 0) is 6.54 Å². The van der Waals surface area contributed by atoms with Crippen LogP contribution in [0.5, 0.6) is 5.75 Å². The number of rotatable bonds is 6. The summed E-state index contributed by atoms with van der Waals surface area (Å²) in [5.41, 5.74) is 5.16. The van der Waals surface area contributed by atoms with Crippen molar-refractivity contribution in [3.63, 3.8) is 0 Å². The van der Waals surface area contributed by atoms with Gasteiger partial charge in [-0.1, -0.05) is 0 Å². The molecule has 0 aliphatic heterocycles. The maximum atomic E-state index is 12.4. The zero-order valence-electron chi connectivity index (χ0n) is 17.1. The molecule has 7 nitrogen and oxygen atoms in total. The van der Waals surface area contributed by atoms with Crippen molar-refractivity contribution in [3.05, 3.63) is 83.4 Å². The number of methoxy groups -OCH3 is 1. The van der Waals surface area contributed by atoms with Gasteiger partial charge >= 0.3 is 0 Å². The standard InChI is InChI=1S/C23H23N5O2/c1-15-12-16(2)28-14-20(27-23(28)25-15)13-24-18-6-4-17(5-7-18)22(29)26-19-8-10-21(30-3)11-9-19/h4-12,14,24H,13H2,1-3H3,(H,26,29). The van der Waals surface area contributed by atoms with Crippen molar-refractivity contribution >= 4 is 23.1 Å². The zero-order valence-corrected chi connectivity index (χ0v) is 17.1. The second-order valence-corrected chi connectivity index (χ2v) is 7.05. The summed E-state index contributed by atoms with van der Waals surface area (Å²) in [5.74, 6) is 1.29. The summed E-state index contributed by atoms with van der Waals surface area (Å²) in [7, 11) is 1.61. The predicted octanol–water partition coefficient (Wildman–Crippen LogP) is 4.22. The lowest BCUT2D eigenvalue weighted by molar-refractivity contribution is 0.102. The minimum atomic E-state index is -0.163. The van der Waals surface area contributed by atoms with Crippen LogP contribution in [0.4, 0.5) is 11.4 Å². The Balaban J connectivity index is 1.38. The summed E-state index contributed by atoms with van der Waals surface area (Å²) in [5, 5.41) is 6.21. The van der Waals surface area contributed by atoms with Gasteiger partial charge in [0.05, 0.1) is 19.3 Å². The summed E-state index contributed by atoms with van der Waals surface area (Å²) in [4.78, 5) is 21.5. The highest BCUT2D eigenvalue weighted by atomic mass is 16.5. The fourth-order valence-corrected chi connectivity index (χ4v) is 3.21. The summed E-state index contributed by atoms with van der Waals surface area (Å²) >= 11 is 0. The molecule has 0 saturated carbocycles. The van der Waals surface area contributed by atoms with E-state index in [9.17, 15) is 4.79 Å². The molecule has 0 aliphatic rings. The van der Waals surface area contributed by atoms with Crippen LogP contribution in [0.2, 0.25) is 0 Å². The Hall–Kier alpha value is -3.87. The fourth-order valence-electron chi connectivity index (χ4n) is 3.21. The molecule has 0 spiro atoms. The lowest BCUT2D eigenvalue weighted by Crippen LogP contribution is -2.11. The van der Waals surface area contributed by atoms with Crippen molar-refractivity contribution in [2.75, 3.05) is 17.7 Å². The Morgan fingerprint density at radius 2 is 1.70 bits per heavy atom. The molecule has 4 aromatic rings. The Labute approximate surface area is 174 Å². The van der Waals surface area contributed by atoms with Gasteiger partial charge in [-0.05, 0) is 68.4 Å². The molecule has 4 rings (SSSR count). The highest BCUT2D eigenvalue weighted by Crippen LogP contribution is 2.17. The van der Waals surface area contributed by atoms with E-state index in [2.05, 4.69) is 20.6 Å². The smallest absolute Gasteiger partial charge is 0.255 e. The third-order valence-electron chi connectivity index (χ3n) is 4.78. The van der Waals surface area contributed by atoms with Crippen LogP contribution in [0.1, 0.15) is 27.4 Å². The summed E-state index contributed by atoms with van der Waals surface area (Å²) in [6.45, 7) is 4.57. The quantitative estimate of drug-likeness (QED) is 0.506. The van der Waals surface area contributed by atoms with Crippen molar-refractivity contribution in [2.45, 2.75) is 20.4 Å². The molecule has 30 heavy (non-hydrogen) atoms. The Morgan fingerprint density at radius 3 is 2.40 bits per heavy atom. The summed E-state index contributed by atoms with van der Waals surface area (Å²) in [6.07, 6.45) is 1.99. The van der Waals surface area contributed by atoms with Crippen molar-refractivity contribution < 1.29 is 9.53 Å². The van der Waals surface area contributed by atoms with Crippen molar-refractivity contribution in [2.24, 2.45) is 0 Å². The lowest BCUT2D eigenvalue weighted by atomic mass is 10.2. The number of benzene rings is 2. The average Bonchev–Trinajstić information content (AvgIpc) is 3.16. The molecule has 0 unspecified atom stereocenters. The number of hydrogen-bond donors (Lipinski definition) is 2. The molecule has 0 fully saturated rings. The fraction of sp³-hybridized carbons (Fsp3) is 0.174. The van der Waals surface area contributed by atoms with E-state index in [1.54, 1.807) is 43.5 Å². The third kappa shape index (κ3) is 4.25. The van der Waals surface area contributed by atoms with Gasteiger partial charge < -0.3 is 15.4 Å². The number of aromatic nitrogens is 3. The molecule has 2 heterocycles. The predicted molar refractivity (Wildman–Crippen MR) is 117 cm³/mol. The third-order valence-corrected chi connectivity index (χ3v) is 4.78. The van der Waals surface area contributed by atoms with E-state index in [0.29, 0.717) is 23.6 Å². The lowest BCUT2D eigenvalue weighted by Gasteiger charge is -2.08. The maximum absolute atomic E-state index is 12.4. The first kappa shape index (κ1) is 19.4. The first-order chi connectivity index (χ1) is 14.5. The number of nitrogens with zero attached hydrogens (tertiary/aromatic N) is 3. The van der Waals surface area contributed by atoms with Crippen molar-refractivity contribution in [1.29, 1.82) is 0 Å². The van der Waals surface area contributed by atoms with Crippen molar-refractivity contribution in [3.8, 4) is 5.75 Å². The minimum Gasteiger partial charge on any atom is -0.497 e. The van der Waals surface area contributed by atoms with Crippen LogP contribution in [-0.4, -0.2) is 27.4 Å². The topological polar surface area (TPSA) is 80.5 Å². The van der Waals surface area contributed by atoms with E-state index in [1.807, 2.05) is 42.6 Å². The van der Waals surface area contributed by atoms with Crippen LogP contribution in [0, 0.1) is 13.8 Å². The molecule has 7 heteroatoms. The Kier molecular flexibility index (Phi) is 5.34. The van der Waals surface area contributed by atoms with Gasteiger partial charge in [-0.25, -0.2) is 9.97 Å². The normalized spacial score (nSPS) is 10.8. The summed E-state index contributed by atoms with van der Waals surface area (Å²) in [6, 6.07) is 16.6. The van der Waals surface area contributed by atoms with Gasteiger partial charge in [-0.3, -0.25) is 9.20 Å². The molecule has 2 N–H and O–H groups in total. The van der Waals surface area contributed by atoms with Gasteiger partial charge in [0.15, 0.2) is 0 Å². The Morgan fingerprint density at radius 1 is 1.00 bits per heavy atom. The minimum absolute atomic E-state index is 0.163. The zero-order chi connectivity index (χ0) is 21.1. The van der Waals surface area contributed by atoms with Crippen LogP contribution in [0.25, 0.3) is 5.78 Å². The van der Waals surface area contributed by atoms with Gasteiger partial charge in [0.25, 0.3) is 5.91 Å². The highest BCUT2D eigenvalue weighted by molar-refractivity contribution is 6.04. The van der Waals surface area contributed by atoms with Crippen LogP contribution >= 0.6 is 0 Å². The first-order valence-electron chi connectivity index (χ1n) is 9.63. The largest absolute Gasteiger partial charge is 0.497 e. The second kappa shape index (κ2) is 8.24. The van der Waals surface area contributed by atoms with Gasteiger partial charge in [0.2, 0.25) is 5.78 Å². The number of ether oxygens (including phenoxy) is 1. The number of nitrogens with one attached hydrogen (secondary N) is 2. The first-order valence-corrected chi connectivity index (χ1v) is 9.63. The van der Waals surface area contributed by atoms with E-state index in [0.717, 1.165) is 28.5 Å². The average molecular weight is 401 g/mol. The molecule has 0 saturated heterocycles. The molecular weight excluding hydrogens is 378 g/mol. The molecule has 0 atom stereocenters. The van der Waals surface area contributed by atoms with Crippen LogP contribution in [0.15, 0.2) is 60.8 Å². The number of amides is 1. The molecular formula is C23H23N5O2. The molecule has 2 aromatic heterocycles. The maximum Gasteiger partial charge on any atom is 0.255 e. The van der Waals surface area contributed by atoms with Crippen molar-refractivity contribution in [1.82, 2.24) is 14.4 Å². The number of anilines is 2. The molecule has 2 aromatic carbocycles. The van der Waals surface area contributed by atoms with Gasteiger partial charge in [-0.2, -0.15) is 0 Å². The number of carbonyl (C=O) groups excluding carboxylic acids is 1. The number of fused-ring (bicyclic) bond motifs is 1. The molecule has 0 aliphatic carbocycles. The van der Waals surface area contributed by atoms with Crippen LogP contribution in [0.3, 0.4) is 0 Å². The van der Waals surface area contributed by atoms with Crippen LogP contribution < -0.4 is 15.4 Å². The summed E-state index contributed by atoms with van der Waals surface area (Å²) < 4.78 is 7.11.